The van der Waals surface area contributed by atoms with Gasteiger partial charge in [0.2, 0.25) is 0 Å². The lowest BCUT2D eigenvalue weighted by Gasteiger charge is -2.06. The number of aromatic nitrogens is 1. The average molecular weight is 288 g/mol. The molecule has 4 N–H and O–H groups in total. The first kappa shape index (κ1) is 14.2. The van der Waals surface area contributed by atoms with Crippen molar-refractivity contribution in [1.29, 1.82) is 0 Å². The van der Waals surface area contributed by atoms with Crippen molar-refractivity contribution in [2.75, 3.05) is 6.54 Å². The fraction of sp³-hybridized carbons (Fsp3) is 0.133. The minimum Gasteiger partial charge on any atom is -0.356 e. The van der Waals surface area contributed by atoms with Crippen molar-refractivity contribution in [3.05, 3.63) is 58.4 Å². The maximum absolute atomic E-state index is 11.9. The Bertz CT molecular complexity index is 667. The van der Waals surface area contributed by atoms with Gasteiger partial charge in [0.25, 0.3) is 5.91 Å². The molecule has 1 aromatic carbocycles. The van der Waals surface area contributed by atoms with Gasteiger partial charge in [-0.15, -0.1) is 0 Å². The molecule has 0 aliphatic rings. The summed E-state index contributed by atoms with van der Waals surface area (Å²) < 4.78 is 0. The SMILES string of the molecule is NCC#Cc1ccccc1CNC(=O)c1cc(Cl)c[nH]1. The van der Waals surface area contributed by atoms with Crippen molar-refractivity contribution in [3.8, 4) is 11.8 Å². The summed E-state index contributed by atoms with van der Waals surface area (Å²) in [4.78, 5) is 14.7. The van der Waals surface area contributed by atoms with Gasteiger partial charge in [-0.1, -0.05) is 41.6 Å². The number of halogens is 1. The maximum Gasteiger partial charge on any atom is 0.268 e. The van der Waals surface area contributed by atoms with Gasteiger partial charge in [-0.25, -0.2) is 0 Å². The fourth-order valence-electron chi connectivity index (χ4n) is 1.71. The summed E-state index contributed by atoms with van der Waals surface area (Å²) in [6.07, 6.45) is 1.57. The summed E-state index contributed by atoms with van der Waals surface area (Å²) in [6.45, 7) is 0.701. The van der Waals surface area contributed by atoms with E-state index in [0.29, 0.717) is 23.8 Å². The number of hydrogen-bond donors (Lipinski definition) is 3. The van der Waals surface area contributed by atoms with E-state index in [2.05, 4.69) is 22.1 Å². The molecule has 1 aromatic heterocycles. The van der Waals surface area contributed by atoms with Crippen molar-refractivity contribution in [2.24, 2.45) is 5.73 Å². The lowest BCUT2D eigenvalue weighted by molar-refractivity contribution is 0.0946. The third kappa shape index (κ3) is 3.64. The molecule has 0 unspecified atom stereocenters. The second-order valence-corrected chi connectivity index (χ2v) is 4.51. The summed E-state index contributed by atoms with van der Waals surface area (Å²) in [5.74, 6) is 5.58. The van der Waals surface area contributed by atoms with E-state index in [1.807, 2.05) is 24.3 Å². The number of H-pyrrole nitrogens is 1. The van der Waals surface area contributed by atoms with Crippen molar-refractivity contribution in [2.45, 2.75) is 6.54 Å². The Morgan fingerprint density at radius 3 is 2.90 bits per heavy atom. The zero-order chi connectivity index (χ0) is 14.4. The fourth-order valence-corrected chi connectivity index (χ4v) is 1.88. The van der Waals surface area contributed by atoms with Gasteiger partial charge in [-0.05, 0) is 17.7 Å². The molecule has 0 atom stereocenters. The molecule has 0 bridgehead atoms. The topological polar surface area (TPSA) is 70.9 Å². The Morgan fingerprint density at radius 2 is 2.20 bits per heavy atom. The predicted octanol–water partition coefficient (Wildman–Crippen LogP) is 1.91. The minimum atomic E-state index is -0.210. The van der Waals surface area contributed by atoms with Crippen molar-refractivity contribution < 1.29 is 4.79 Å². The quantitative estimate of drug-likeness (QED) is 0.755. The Kier molecular flexibility index (Phi) is 4.83. The van der Waals surface area contributed by atoms with E-state index in [9.17, 15) is 4.79 Å². The highest BCUT2D eigenvalue weighted by molar-refractivity contribution is 6.30. The highest BCUT2D eigenvalue weighted by atomic mass is 35.5. The molecule has 0 saturated carbocycles. The normalized spacial score (nSPS) is 9.70. The summed E-state index contributed by atoms with van der Waals surface area (Å²) in [6, 6.07) is 9.20. The van der Waals surface area contributed by atoms with Crippen LogP contribution < -0.4 is 11.1 Å². The molecule has 4 nitrogen and oxygen atoms in total. The molecule has 2 aromatic rings. The Hall–Kier alpha value is -2.22. The zero-order valence-electron chi connectivity index (χ0n) is 10.7. The van der Waals surface area contributed by atoms with Crippen LogP contribution in [0.5, 0.6) is 0 Å². The van der Waals surface area contributed by atoms with Crippen LogP contribution in [0.15, 0.2) is 36.5 Å². The van der Waals surface area contributed by atoms with Crippen LogP contribution in [0, 0.1) is 11.8 Å². The van der Waals surface area contributed by atoms with Gasteiger partial charge in [0.05, 0.1) is 11.6 Å². The first-order valence-corrected chi connectivity index (χ1v) is 6.47. The second kappa shape index (κ2) is 6.80. The molecule has 102 valence electrons. The zero-order valence-corrected chi connectivity index (χ0v) is 11.5. The van der Waals surface area contributed by atoms with Crippen LogP contribution in [0.4, 0.5) is 0 Å². The number of nitrogens with two attached hydrogens (primary N) is 1. The molecule has 1 heterocycles. The van der Waals surface area contributed by atoms with E-state index in [1.165, 1.54) is 0 Å². The Labute approximate surface area is 122 Å². The third-order valence-corrected chi connectivity index (χ3v) is 2.89. The number of nitrogens with one attached hydrogen (secondary N) is 2. The number of carbonyl (C=O) groups excluding carboxylic acids is 1. The van der Waals surface area contributed by atoms with Gasteiger partial charge in [-0.3, -0.25) is 4.79 Å². The predicted molar refractivity (Wildman–Crippen MR) is 79.3 cm³/mol. The van der Waals surface area contributed by atoms with E-state index in [1.54, 1.807) is 12.3 Å². The molecule has 0 fully saturated rings. The van der Waals surface area contributed by atoms with E-state index in [4.69, 9.17) is 17.3 Å². The largest absolute Gasteiger partial charge is 0.356 e. The van der Waals surface area contributed by atoms with Crippen LogP contribution in [0.2, 0.25) is 5.02 Å². The van der Waals surface area contributed by atoms with Crippen LogP contribution >= 0.6 is 11.6 Å². The van der Waals surface area contributed by atoms with E-state index in [-0.39, 0.29) is 5.91 Å². The molecular formula is C15H14ClN3O. The van der Waals surface area contributed by atoms with Crippen LogP contribution in [-0.2, 0) is 6.54 Å². The molecular weight excluding hydrogens is 274 g/mol. The lowest BCUT2D eigenvalue weighted by atomic mass is 10.1. The summed E-state index contributed by atoms with van der Waals surface area (Å²) in [7, 11) is 0. The number of benzene rings is 1. The first-order valence-electron chi connectivity index (χ1n) is 6.09. The van der Waals surface area contributed by atoms with Gasteiger partial charge in [0.15, 0.2) is 0 Å². The monoisotopic (exact) mass is 287 g/mol. The van der Waals surface area contributed by atoms with Crippen molar-refractivity contribution >= 4 is 17.5 Å². The van der Waals surface area contributed by atoms with Crippen LogP contribution in [-0.4, -0.2) is 17.4 Å². The Morgan fingerprint density at radius 1 is 1.40 bits per heavy atom. The van der Waals surface area contributed by atoms with Gasteiger partial charge in [-0.2, -0.15) is 0 Å². The number of rotatable bonds is 3. The van der Waals surface area contributed by atoms with Crippen molar-refractivity contribution in [3.63, 3.8) is 0 Å². The number of hydrogen-bond acceptors (Lipinski definition) is 2. The lowest BCUT2D eigenvalue weighted by Crippen LogP contribution is -2.23. The van der Waals surface area contributed by atoms with Crippen LogP contribution in [0.1, 0.15) is 21.6 Å². The highest BCUT2D eigenvalue weighted by Gasteiger charge is 2.08. The van der Waals surface area contributed by atoms with E-state index >= 15 is 0 Å². The van der Waals surface area contributed by atoms with Gasteiger partial charge in [0, 0.05) is 18.3 Å². The van der Waals surface area contributed by atoms with E-state index in [0.717, 1.165) is 11.1 Å². The van der Waals surface area contributed by atoms with Gasteiger partial charge >= 0.3 is 0 Å². The molecule has 1 amide bonds. The first-order chi connectivity index (χ1) is 9.70. The van der Waals surface area contributed by atoms with Crippen LogP contribution in [0.25, 0.3) is 0 Å². The standard InChI is InChI=1S/C15H14ClN3O/c16-13-8-14(18-10-13)15(20)19-9-12-5-2-1-4-11(12)6-3-7-17/h1-2,4-5,8,10,18H,7,9,17H2,(H,19,20). The summed E-state index contributed by atoms with van der Waals surface area (Å²) >= 11 is 5.76. The molecule has 20 heavy (non-hydrogen) atoms. The highest BCUT2D eigenvalue weighted by Crippen LogP contribution is 2.10. The molecule has 5 heteroatoms. The molecule has 0 aliphatic heterocycles. The molecule has 0 spiro atoms. The Balaban J connectivity index is 2.06. The number of aromatic amines is 1. The minimum absolute atomic E-state index is 0.210. The average Bonchev–Trinajstić information content (AvgIpc) is 2.90. The summed E-state index contributed by atoms with van der Waals surface area (Å²) in [5.41, 5.74) is 7.61. The van der Waals surface area contributed by atoms with Gasteiger partial charge < -0.3 is 16.0 Å². The molecule has 0 saturated heterocycles. The van der Waals surface area contributed by atoms with E-state index < -0.39 is 0 Å². The van der Waals surface area contributed by atoms with Gasteiger partial charge in [0.1, 0.15) is 5.69 Å². The summed E-state index contributed by atoms with van der Waals surface area (Å²) in [5, 5.41) is 3.32. The van der Waals surface area contributed by atoms with Crippen LogP contribution in [0.3, 0.4) is 0 Å². The number of carbonyl (C=O) groups is 1. The molecule has 2 rings (SSSR count). The number of amides is 1. The maximum atomic E-state index is 11.9. The molecule has 0 aliphatic carbocycles. The smallest absolute Gasteiger partial charge is 0.268 e. The molecule has 0 radical (unpaired) electrons. The second-order valence-electron chi connectivity index (χ2n) is 4.08. The third-order valence-electron chi connectivity index (χ3n) is 2.67. The van der Waals surface area contributed by atoms with Crippen molar-refractivity contribution in [1.82, 2.24) is 10.3 Å².